The molecule has 0 saturated heterocycles. The molecule has 0 bridgehead atoms. The molecular weight excluding hydrogens is 312 g/mol. The van der Waals surface area contributed by atoms with Crippen LogP contribution in [0.3, 0.4) is 0 Å². The Balaban J connectivity index is 0.00000242. The topological polar surface area (TPSA) is 93.1 Å². The minimum atomic E-state index is -1.11. The van der Waals surface area contributed by atoms with Crippen molar-refractivity contribution >= 4 is 24.3 Å². The summed E-state index contributed by atoms with van der Waals surface area (Å²) >= 11 is 0. The first-order chi connectivity index (χ1) is 10.1. The zero-order chi connectivity index (χ0) is 15.2. The number of carboxylic acids is 2. The molecule has 0 aliphatic heterocycles. The fraction of sp³-hybridized carbons (Fsp3) is 0.0667. The van der Waals surface area contributed by atoms with Crippen molar-refractivity contribution < 1.29 is 29.3 Å². The molecule has 2 N–H and O–H groups in total. The molecule has 0 heterocycles. The van der Waals surface area contributed by atoms with E-state index in [1.807, 2.05) is 0 Å². The summed E-state index contributed by atoms with van der Waals surface area (Å²) < 4.78 is 10.5. The SMILES string of the molecule is Cl.O=C(O)c1ccccc1OCOc1ccccc1C(=O)O. The van der Waals surface area contributed by atoms with Gasteiger partial charge in [-0.15, -0.1) is 12.4 Å². The fourth-order valence-corrected chi connectivity index (χ4v) is 1.69. The van der Waals surface area contributed by atoms with E-state index in [9.17, 15) is 9.59 Å². The molecule has 0 aliphatic rings. The van der Waals surface area contributed by atoms with Crippen LogP contribution in [-0.4, -0.2) is 28.9 Å². The zero-order valence-corrected chi connectivity index (χ0v) is 12.1. The molecule has 0 amide bonds. The highest BCUT2D eigenvalue weighted by atomic mass is 35.5. The minimum absolute atomic E-state index is 0. The summed E-state index contributed by atoms with van der Waals surface area (Å²) in [4.78, 5) is 22.0. The Hall–Kier alpha value is -2.73. The average Bonchev–Trinajstić information content (AvgIpc) is 2.48. The van der Waals surface area contributed by atoms with Gasteiger partial charge in [-0.25, -0.2) is 9.59 Å². The van der Waals surface area contributed by atoms with Gasteiger partial charge in [-0.2, -0.15) is 0 Å². The van der Waals surface area contributed by atoms with Crippen molar-refractivity contribution in [3.63, 3.8) is 0 Å². The second-order valence-corrected chi connectivity index (χ2v) is 4.01. The van der Waals surface area contributed by atoms with Crippen LogP contribution in [0.2, 0.25) is 0 Å². The number of halogens is 1. The molecule has 0 saturated carbocycles. The lowest BCUT2D eigenvalue weighted by Gasteiger charge is -2.11. The molecule has 7 heteroatoms. The molecule has 0 aromatic heterocycles. The van der Waals surface area contributed by atoms with Crippen LogP contribution in [0, 0.1) is 0 Å². The van der Waals surface area contributed by atoms with Gasteiger partial charge in [0.05, 0.1) is 0 Å². The van der Waals surface area contributed by atoms with E-state index >= 15 is 0 Å². The number of carboxylic acid groups (broad SMARTS) is 2. The summed E-state index contributed by atoms with van der Waals surface area (Å²) in [7, 11) is 0. The average molecular weight is 325 g/mol. The summed E-state index contributed by atoms with van der Waals surface area (Å²) in [6, 6.07) is 12.2. The number of ether oxygens (including phenoxy) is 2. The van der Waals surface area contributed by atoms with Gasteiger partial charge < -0.3 is 19.7 Å². The van der Waals surface area contributed by atoms with E-state index in [1.165, 1.54) is 24.3 Å². The summed E-state index contributed by atoms with van der Waals surface area (Å²) in [6.45, 7) is -0.297. The highest BCUT2D eigenvalue weighted by Crippen LogP contribution is 2.20. The summed E-state index contributed by atoms with van der Waals surface area (Å²) in [5, 5.41) is 18.0. The maximum Gasteiger partial charge on any atom is 0.339 e. The Morgan fingerprint density at radius 2 is 1.14 bits per heavy atom. The van der Waals surface area contributed by atoms with Crippen molar-refractivity contribution in [2.75, 3.05) is 6.79 Å². The summed E-state index contributed by atoms with van der Waals surface area (Å²) in [5.74, 6) is -1.93. The number of hydrogen-bond donors (Lipinski definition) is 2. The quantitative estimate of drug-likeness (QED) is 0.794. The van der Waals surface area contributed by atoms with E-state index in [1.54, 1.807) is 24.3 Å². The molecular formula is C15H13ClO6. The molecule has 2 rings (SSSR count). The van der Waals surface area contributed by atoms with Crippen molar-refractivity contribution in [2.24, 2.45) is 0 Å². The number of carbonyl (C=O) groups is 2. The molecule has 0 aliphatic carbocycles. The van der Waals surface area contributed by atoms with Crippen LogP contribution >= 0.6 is 12.4 Å². The molecule has 0 unspecified atom stereocenters. The van der Waals surface area contributed by atoms with E-state index in [-0.39, 0.29) is 41.8 Å². The highest BCUT2D eigenvalue weighted by Gasteiger charge is 2.12. The second-order valence-electron chi connectivity index (χ2n) is 4.01. The summed E-state index contributed by atoms with van der Waals surface area (Å²) in [6.07, 6.45) is 0. The van der Waals surface area contributed by atoms with Crippen molar-refractivity contribution in [1.29, 1.82) is 0 Å². The van der Waals surface area contributed by atoms with Gasteiger partial charge in [0.1, 0.15) is 22.6 Å². The largest absolute Gasteiger partial charge is 0.478 e. The zero-order valence-electron chi connectivity index (χ0n) is 11.3. The van der Waals surface area contributed by atoms with Crippen LogP contribution < -0.4 is 9.47 Å². The minimum Gasteiger partial charge on any atom is -0.478 e. The highest BCUT2D eigenvalue weighted by molar-refractivity contribution is 5.91. The van der Waals surface area contributed by atoms with Crippen molar-refractivity contribution in [3.05, 3.63) is 59.7 Å². The second kappa shape index (κ2) is 7.90. The third-order valence-electron chi connectivity index (χ3n) is 2.66. The lowest BCUT2D eigenvalue weighted by molar-refractivity contribution is 0.0680. The van der Waals surface area contributed by atoms with E-state index in [4.69, 9.17) is 19.7 Å². The first-order valence-electron chi connectivity index (χ1n) is 6.00. The van der Waals surface area contributed by atoms with Crippen molar-refractivity contribution in [3.8, 4) is 11.5 Å². The molecule has 22 heavy (non-hydrogen) atoms. The van der Waals surface area contributed by atoms with Gasteiger partial charge in [0.2, 0.25) is 6.79 Å². The first kappa shape index (κ1) is 17.3. The Bertz CT molecular complexity index is 613. The Morgan fingerprint density at radius 1 is 0.773 bits per heavy atom. The van der Waals surface area contributed by atoms with Gasteiger partial charge in [-0.1, -0.05) is 24.3 Å². The third kappa shape index (κ3) is 4.13. The maximum atomic E-state index is 11.0. The van der Waals surface area contributed by atoms with Crippen LogP contribution in [-0.2, 0) is 0 Å². The molecule has 0 spiro atoms. The molecule has 116 valence electrons. The van der Waals surface area contributed by atoms with Crippen LogP contribution in [0.5, 0.6) is 11.5 Å². The molecule has 0 radical (unpaired) electrons. The fourth-order valence-electron chi connectivity index (χ4n) is 1.69. The lowest BCUT2D eigenvalue weighted by Crippen LogP contribution is -2.11. The number of rotatable bonds is 6. The van der Waals surface area contributed by atoms with Crippen LogP contribution in [0.25, 0.3) is 0 Å². The Kier molecular flexibility index (Phi) is 6.22. The number of para-hydroxylation sites is 2. The molecule has 2 aromatic rings. The number of aromatic carboxylic acids is 2. The number of hydrogen-bond acceptors (Lipinski definition) is 4. The van der Waals surface area contributed by atoms with Gasteiger partial charge >= 0.3 is 11.9 Å². The smallest absolute Gasteiger partial charge is 0.339 e. The van der Waals surface area contributed by atoms with Crippen molar-refractivity contribution in [2.45, 2.75) is 0 Å². The Labute approximate surface area is 132 Å². The first-order valence-corrected chi connectivity index (χ1v) is 6.00. The van der Waals surface area contributed by atoms with Crippen LogP contribution in [0.15, 0.2) is 48.5 Å². The molecule has 2 aromatic carbocycles. The molecule has 0 fully saturated rings. The predicted octanol–water partition coefficient (Wildman–Crippen LogP) is 2.92. The van der Waals surface area contributed by atoms with Gasteiger partial charge in [0.25, 0.3) is 0 Å². The monoisotopic (exact) mass is 324 g/mol. The van der Waals surface area contributed by atoms with E-state index in [0.29, 0.717) is 0 Å². The van der Waals surface area contributed by atoms with Gasteiger partial charge in [0.15, 0.2) is 0 Å². The van der Waals surface area contributed by atoms with E-state index < -0.39 is 11.9 Å². The van der Waals surface area contributed by atoms with Crippen LogP contribution in [0.4, 0.5) is 0 Å². The number of benzene rings is 2. The van der Waals surface area contributed by atoms with Gasteiger partial charge in [0, 0.05) is 0 Å². The van der Waals surface area contributed by atoms with Crippen molar-refractivity contribution in [1.82, 2.24) is 0 Å². The van der Waals surface area contributed by atoms with E-state index in [0.717, 1.165) is 0 Å². The molecule has 0 atom stereocenters. The predicted molar refractivity (Wildman–Crippen MR) is 80.2 cm³/mol. The standard InChI is InChI=1S/C15H12O6.ClH/c16-14(17)10-5-1-3-7-12(10)20-9-21-13-8-4-2-6-11(13)15(18)19;/h1-8H,9H2,(H,16,17)(H,18,19);1H. The normalized spacial score (nSPS) is 9.45. The lowest BCUT2D eigenvalue weighted by atomic mass is 10.2. The summed E-state index contributed by atoms with van der Waals surface area (Å²) in [5.41, 5.74) is 0.0141. The maximum absolute atomic E-state index is 11.0. The van der Waals surface area contributed by atoms with Crippen LogP contribution in [0.1, 0.15) is 20.7 Å². The Morgan fingerprint density at radius 3 is 1.50 bits per heavy atom. The third-order valence-corrected chi connectivity index (χ3v) is 2.66. The van der Waals surface area contributed by atoms with E-state index in [2.05, 4.69) is 0 Å². The van der Waals surface area contributed by atoms with Gasteiger partial charge in [-0.05, 0) is 24.3 Å². The van der Waals surface area contributed by atoms with Gasteiger partial charge in [-0.3, -0.25) is 0 Å². The molecule has 6 nitrogen and oxygen atoms in total.